The zero-order valence-corrected chi connectivity index (χ0v) is 12.8. The van der Waals surface area contributed by atoms with Crippen molar-refractivity contribution < 1.29 is 19.5 Å². The number of carbonyl (C=O) groups excluding carboxylic acids is 2. The van der Waals surface area contributed by atoms with Gasteiger partial charge in [-0.3, -0.25) is 14.9 Å². The van der Waals surface area contributed by atoms with Crippen molar-refractivity contribution in [3.8, 4) is 0 Å². The van der Waals surface area contributed by atoms with Gasteiger partial charge in [0.15, 0.2) is 0 Å². The maximum Gasteiger partial charge on any atom is 0.324 e. The third-order valence-electron chi connectivity index (χ3n) is 2.82. The number of thioether (sulfide) groups is 1. The van der Waals surface area contributed by atoms with Crippen LogP contribution >= 0.6 is 11.8 Å². The molecule has 0 aliphatic heterocycles. The van der Waals surface area contributed by atoms with E-state index < -0.39 is 23.3 Å². The summed E-state index contributed by atoms with van der Waals surface area (Å²) < 4.78 is 0. The summed E-state index contributed by atoms with van der Waals surface area (Å²) in [6.07, 6.45) is 1.70. The molecule has 1 unspecified atom stereocenters. The van der Waals surface area contributed by atoms with E-state index >= 15 is 0 Å². The van der Waals surface area contributed by atoms with Gasteiger partial charge in [-0.05, 0) is 27.0 Å². The third-order valence-corrected chi connectivity index (χ3v) is 3.63. The van der Waals surface area contributed by atoms with E-state index in [1.165, 1.54) is 18.7 Å². The van der Waals surface area contributed by atoms with Gasteiger partial charge >= 0.3 is 12.0 Å². The number of nitrogens with zero attached hydrogens (tertiary/aromatic N) is 1. The number of imide groups is 1. The van der Waals surface area contributed by atoms with E-state index in [0.29, 0.717) is 0 Å². The molecule has 6 nitrogen and oxygen atoms in total. The molecule has 1 atom stereocenters. The molecule has 0 saturated carbocycles. The van der Waals surface area contributed by atoms with E-state index in [2.05, 4.69) is 5.32 Å². The quantitative estimate of drug-likeness (QED) is 0.772. The van der Waals surface area contributed by atoms with E-state index in [-0.39, 0.29) is 12.5 Å². The first-order valence-electron chi connectivity index (χ1n) is 5.90. The Labute approximate surface area is 117 Å². The Kier molecular flexibility index (Phi) is 6.89. The second kappa shape index (κ2) is 7.37. The van der Waals surface area contributed by atoms with Crippen molar-refractivity contribution >= 4 is 29.7 Å². The van der Waals surface area contributed by atoms with Crippen molar-refractivity contribution in [2.45, 2.75) is 33.2 Å². The SMILES string of the molecule is CSCC(C)N(C)C(=O)NC(=O)CC(C)(C)C(=O)O. The first kappa shape index (κ1) is 17.8. The Morgan fingerprint density at radius 3 is 2.32 bits per heavy atom. The van der Waals surface area contributed by atoms with Gasteiger partial charge in [0.25, 0.3) is 0 Å². The van der Waals surface area contributed by atoms with Crippen LogP contribution in [0.1, 0.15) is 27.2 Å². The van der Waals surface area contributed by atoms with Crippen molar-refractivity contribution in [3.05, 3.63) is 0 Å². The maximum absolute atomic E-state index is 11.8. The van der Waals surface area contributed by atoms with Gasteiger partial charge in [-0.15, -0.1) is 0 Å². The van der Waals surface area contributed by atoms with Crippen LogP contribution in [0.4, 0.5) is 4.79 Å². The molecule has 0 fully saturated rings. The molecule has 19 heavy (non-hydrogen) atoms. The van der Waals surface area contributed by atoms with Crippen molar-refractivity contribution in [1.82, 2.24) is 10.2 Å². The van der Waals surface area contributed by atoms with Crippen LogP contribution in [-0.4, -0.2) is 53.0 Å². The van der Waals surface area contributed by atoms with Crippen LogP contribution in [0.25, 0.3) is 0 Å². The molecule has 2 N–H and O–H groups in total. The van der Waals surface area contributed by atoms with Gasteiger partial charge in [0, 0.05) is 25.3 Å². The molecule has 110 valence electrons. The van der Waals surface area contributed by atoms with Crippen LogP contribution in [0.3, 0.4) is 0 Å². The smallest absolute Gasteiger partial charge is 0.324 e. The van der Waals surface area contributed by atoms with Crippen molar-refractivity contribution in [1.29, 1.82) is 0 Å². The summed E-state index contributed by atoms with van der Waals surface area (Å²) in [6.45, 7) is 4.76. The third kappa shape index (κ3) is 5.96. The Morgan fingerprint density at radius 1 is 1.37 bits per heavy atom. The Balaban J connectivity index is 4.42. The van der Waals surface area contributed by atoms with Crippen molar-refractivity contribution in [2.24, 2.45) is 5.41 Å². The first-order valence-corrected chi connectivity index (χ1v) is 7.30. The number of nitrogens with one attached hydrogen (secondary N) is 1. The minimum absolute atomic E-state index is 0.00437. The molecule has 0 aromatic rings. The van der Waals surface area contributed by atoms with Gasteiger partial charge in [-0.2, -0.15) is 11.8 Å². The monoisotopic (exact) mass is 290 g/mol. The highest BCUT2D eigenvalue weighted by molar-refractivity contribution is 7.98. The van der Waals surface area contributed by atoms with E-state index in [4.69, 9.17) is 5.11 Å². The summed E-state index contributed by atoms with van der Waals surface area (Å²) in [4.78, 5) is 35.7. The predicted octanol–water partition coefficient (Wildman–Crippen LogP) is 1.41. The lowest BCUT2D eigenvalue weighted by atomic mass is 9.89. The lowest BCUT2D eigenvalue weighted by Gasteiger charge is -2.25. The molecule has 0 saturated heterocycles. The molecule has 0 spiro atoms. The lowest BCUT2D eigenvalue weighted by molar-refractivity contribution is -0.149. The zero-order valence-electron chi connectivity index (χ0n) is 12.0. The molecule has 0 heterocycles. The summed E-state index contributed by atoms with van der Waals surface area (Å²) in [7, 11) is 1.60. The number of carboxylic acids is 1. The van der Waals surface area contributed by atoms with Crippen molar-refractivity contribution in [3.63, 3.8) is 0 Å². The van der Waals surface area contributed by atoms with Gasteiger partial charge in [0.2, 0.25) is 5.91 Å². The van der Waals surface area contributed by atoms with Crippen LogP contribution < -0.4 is 5.32 Å². The molecule has 0 radical (unpaired) electrons. The van der Waals surface area contributed by atoms with E-state index in [0.717, 1.165) is 5.75 Å². The molecule has 7 heteroatoms. The molecule has 0 aliphatic rings. The fourth-order valence-corrected chi connectivity index (χ4v) is 1.99. The minimum atomic E-state index is -1.19. The molecule has 0 aromatic heterocycles. The van der Waals surface area contributed by atoms with E-state index in [9.17, 15) is 14.4 Å². The summed E-state index contributed by atoms with van der Waals surface area (Å²) in [5.41, 5.74) is -1.19. The second-order valence-electron chi connectivity index (χ2n) is 5.13. The van der Waals surface area contributed by atoms with Crippen LogP contribution in [-0.2, 0) is 9.59 Å². The largest absolute Gasteiger partial charge is 0.481 e. The average Bonchev–Trinajstić information content (AvgIpc) is 2.26. The fourth-order valence-electron chi connectivity index (χ4n) is 1.28. The summed E-state index contributed by atoms with van der Waals surface area (Å²) >= 11 is 1.60. The number of carboxylic acid groups (broad SMARTS) is 1. The first-order chi connectivity index (χ1) is 8.61. The van der Waals surface area contributed by atoms with Crippen LogP contribution in [0.2, 0.25) is 0 Å². The second-order valence-corrected chi connectivity index (χ2v) is 6.05. The number of hydrogen-bond donors (Lipinski definition) is 2. The summed E-state index contributed by atoms with van der Waals surface area (Å²) in [5.74, 6) is -0.890. The molecule has 0 aliphatic carbocycles. The maximum atomic E-state index is 11.8. The standard InChI is InChI=1S/C12H22N2O4S/c1-8(7-19-5)14(4)11(18)13-9(15)6-12(2,3)10(16)17/h8H,6-7H2,1-5H3,(H,16,17)(H,13,15,18). The number of urea groups is 1. The highest BCUT2D eigenvalue weighted by Crippen LogP contribution is 2.20. The van der Waals surface area contributed by atoms with E-state index in [1.54, 1.807) is 18.8 Å². The number of carbonyl (C=O) groups is 3. The number of rotatable bonds is 6. The van der Waals surface area contributed by atoms with Gasteiger partial charge in [0.05, 0.1) is 5.41 Å². The van der Waals surface area contributed by atoms with Gasteiger partial charge in [-0.25, -0.2) is 4.79 Å². The molecule has 0 rings (SSSR count). The highest BCUT2D eigenvalue weighted by atomic mass is 32.2. The predicted molar refractivity (Wildman–Crippen MR) is 75.2 cm³/mol. The van der Waals surface area contributed by atoms with Gasteiger partial charge in [-0.1, -0.05) is 0 Å². The number of aliphatic carboxylic acids is 1. The summed E-state index contributed by atoms with van der Waals surface area (Å²) in [6, 6.07) is -0.511. The normalized spacial score (nSPS) is 12.7. The average molecular weight is 290 g/mol. The minimum Gasteiger partial charge on any atom is -0.481 e. The zero-order chi connectivity index (χ0) is 15.2. The molecule has 0 bridgehead atoms. The van der Waals surface area contributed by atoms with Crippen LogP contribution in [0.15, 0.2) is 0 Å². The molecule has 0 aromatic carbocycles. The Hall–Kier alpha value is -1.24. The van der Waals surface area contributed by atoms with E-state index in [1.807, 2.05) is 13.2 Å². The van der Waals surface area contributed by atoms with Crippen molar-refractivity contribution in [2.75, 3.05) is 19.1 Å². The topological polar surface area (TPSA) is 86.7 Å². The molecular weight excluding hydrogens is 268 g/mol. The summed E-state index contributed by atoms with van der Waals surface area (Å²) in [5, 5.41) is 11.1. The fraction of sp³-hybridized carbons (Fsp3) is 0.750. The van der Waals surface area contributed by atoms with Gasteiger partial charge < -0.3 is 10.0 Å². The number of hydrogen-bond acceptors (Lipinski definition) is 4. The molecule has 3 amide bonds. The van der Waals surface area contributed by atoms with Crippen LogP contribution in [0.5, 0.6) is 0 Å². The molecular formula is C12H22N2O4S. The Morgan fingerprint density at radius 2 is 1.89 bits per heavy atom. The lowest BCUT2D eigenvalue weighted by Crippen LogP contribution is -2.46. The Bertz CT molecular complexity index is 358. The van der Waals surface area contributed by atoms with Crippen LogP contribution in [0, 0.1) is 5.41 Å². The van der Waals surface area contributed by atoms with Gasteiger partial charge in [0.1, 0.15) is 0 Å². The highest BCUT2D eigenvalue weighted by Gasteiger charge is 2.31. The number of amides is 3.